The molecule has 0 aliphatic carbocycles. The lowest BCUT2D eigenvalue weighted by molar-refractivity contribution is -0.160. The van der Waals surface area contributed by atoms with Crippen LogP contribution in [0.5, 0.6) is 0 Å². The first-order valence-corrected chi connectivity index (χ1v) is 4.94. The van der Waals surface area contributed by atoms with E-state index in [1.165, 1.54) is 0 Å². The molecule has 0 saturated carbocycles. The van der Waals surface area contributed by atoms with Gasteiger partial charge < -0.3 is 4.74 Å². The van der Waals surface area contributed by atoms with Crippen LogP contribution in [0.3, 0.4) is 0 Å². The van der Waals surface area contributed by atoms with Gasteiger partial charge in [-0.3, -0.25) is 9.59 Å². The molecule has 0 aromatic heterocycles. The molecule has 3 heteroatoms. The Morgan fingerprint density at radius 2 is 1.87 bits per heavy atom. The summed E-state index contributed by atoms with van der Waals surface area (Å²) in [5, 5.41) is 0. The second-order valence-electron chi connectivity index (χ2n) is 3.28. The molecule has 0 aliphatic rings. The van der Waals surface area contributed by atoms with Crippen LogP contribution >= 0.6 is 0 Å². The maximum Gasteiger partial charge on any atom is 0.320 e. The van der Waals surface area contributed by atoms with Crippen molar-refractivity contribution in [2.45, 2.75) is 26.2 Å². The third-order valence-electron chi connectivity index (χ3n) is 2.16. The second kappa shape index (κ2) is 5.29. The molecule has 0 N–H and O–H groups in total. The summed E-state index contributed by atoms with van der Waals surface area (Å²) in [4.78, 5) is 22.4. The van der Waals surface area contributed by atoms with Gasteiger partial charge >= 0.3 is 11.9 Å². The predicted molar refractivity (Wildman–Crippen MR) is 56.2 cm³/mol. The Bertz CT molecular complexity index is 343. The van der Waals surface area contributed by atoms with Crippen LogP contribution < -0.4 is 0 Å². The minimum Gasteiger partial charge on any atom is -0.393 e. The predicted octanol–water partition coefficient (Wildman–Crippen LogP) is 2.27. The van der Waals surface area contributed by atoms with Gasteiger partial charge in [0.05, 0.1) is 5.92 Å². The van der Waals surface area contributed by atoms with Gasteiger partial charge in [0.1, 0.15) is 0 Å². The van der Waals surface area contributed by atoms with Crippen molar-refractivity contribution in [2.24, 2.45) is 0 Å². The first-order chi connectivity index (χ1) is 7.15. The van der Waals surface area contributed by atoms with E-state index < -0.39 is 17.9 Å². The molecule has 1 atom stereocenters. The summed E-state index contributed by atoms with van der Waals surface area (Å²) in [6.07, 6.45) is 0.216. The van der Waals surface area contributed by atoms with Crippen LogP contribution in [0.25, 0.3) is 0 Å². The largest absolute Gasteiger partial charge is 0.393 e. The van der Waals surface area contributed by atoms with Gasteiger partial charge in [-0.05, 0) is 12.5 Å². The smallest absolute Gasteiger partial charge is 0.320 e. The average molecular weight is 206 g/mol. The lowest BCUT2D eigenvalue weighted by Gasteiger charge is -2.09. The standard InChI is InChI=1S/C12H14O3/c1-3-11(13)15-12(14)9(2)10-7-5-4-6-8-10/h4-9H,3H2,1-2H3. The van der Waals surface area contributed by atoms with Crippen molar-refractivity contribution in [1.29, 1.82) is 0 Å². The fourth-order valence-corrected chi connectivity index (χ4v) is 1.15. The zero-order valence-corrected chi connectivity index (χ0v) is 8.90. The molecule has 15 heavy (non-hydrogen) atoms. The molecule has 3 nitrogen and oxygen atoms in total. The van der Waals surface area contributed by atoms with Crippen LogP contribution in [0.4, 0.5) is 0 Å². The van der Waals surface area contributed by atoms with E-state index in [0.717, 1.165) is 5.56 Å². The highest BCUT2D eigenvalue weighted by Crippen LogP contribution is 2.16. The minimum absolute atomic E-state index is 0.216. The van der Waals surface area contributed by atoms with E-state index in [1.807, 2.05) is 30.3 Å². The molecule has 0 radical (unpaired) electrons. The van der Waals surface area contributed by atoms with Crippen LogP contribution in [0.15, 0.2) is 30.3 Å². The van der Waals surface area contributed by atoms with Crippen LogP contribution in [-0.4, -0.2) is 11.9 Å². The van der Waals surface area contributed by atoms with Crippen molar-refractivity contribution in [3.63, 3.8) is 0 Å². The third-order valence-corrected chi connectivity index (χ3v) is 2.16. The van der Waals surface area contributed by atoms with Gasteiger partial charge in [0.15, 0.2) is 0 Å². The molecule has 0 amide bonds. The van der Waals surface area contributed by atoms with E-state index in [4.69, 9.17) is 0 Å². The number of esters is 2. The van der Waals surface area contributed by atoms with E-state index >= 15 is 0 Å². The summed E-state index contributed by atoms with van der Waals surface area (Å²) in [6, 6.07) is 9.24. The Balaban J connectivity index is 2.65. The van der Waals surface area contributed by atoms with Gasteiger partial charge in [-0.15, -0.1) is 0 Å². The first-order valence-electron chi connectivity index (χ1n) is 4.94. The summed E-state index contributed by atoms with van der Waals surface area (Å²) in [6.45, 7) is 3.38. The van der Waals surface area contributed by atoms with E-state index in [0.29, 0.717) is 0 Å². The van der Waals surface area contributed by atoms with Gasteiger partial charge in [-0.1, -0.05) is 37.3 Å². The van der Waals surface area contributed by atoms with Crippen molar-refractivity contribution >= 4 is 11.9 Å². The van der Waals surface area contributed by atoms with E-state index in [-0.39, 0.29) is 6.42 Å². The van der Waals surface area contributed by atoms with Gasteiger partial charge in [-0.2, -0.15) is 0 Å². The number of ether oxygens (including phenoxy) is 1. The number of hydrogen-bond donors (Lipinski definition) is 0. The Morgan fingerprint density at radius 1 is 1.27 bits per heavy atom. The van der Waals surface area contributed by atoms with Crippen molar-refractivity contribution in [1.82, 2.24) is 0 Å². The molecule has 1 aromatic rings. The topological polar surface area (TPSA) is 43.4 Å². The Hall–Kier alpha value is -1.64. The highest BCUT2D eigenvalue weighted by atomic mass is 16.6. The summed E-state index contributed by atoms with van der Waals surface area (Å²) in [5.41, 5.74) is 0.853. The molecule has 0 spiro atoms. The van der Waals surface area contributed by atoms with E-state index in [1.54, 1.807) is 13.8 Å². The summed E-state index contributed by atoms with van der Waals surface area (Å²) in [7, 11) is 0. The number of hydrogen-bond acceptors (Lipinski definition) is 3. The SMILES string of the molecule is CCC(=O)OC(=O)C(C)c1ccccc1. The van der Waals surface area contributed by atoms with Gasteiger partial charge in [0, 0.05) is 6.42 Å². The summed E-state index contributed by atoms with van der Waals surface area (Å²) >= 11 is 0. The molecule has 1 rings (SSSR count). The van der Waals surface area contributed by atoms with Crippen molar-refractivity contribution in [2.75, 3.05) is 0 Å². The quantitative estimate of drug-likeness (QED) is 0.562. The highest BCUT2D eigenvalue weighted by molar-refractivity contribution is 5.88. The Labute approximate surface area is 89.1 Å². The fourth-order valence-electron chi connectivity index (χ4n) is 1.15. The lowest BCUT2D eigenvalue weighted by Crippen LogP contribution is -2.17. The number of carbonyl (C=O) groups is 2. The molecule has 1 aromatic carbocycles. The molecule has 80 valence electrons. The summed E-state index contributed by atoms with van der Waals surface area (Å²) in [5.74, 6) is -1.38. The molecule has 1 unspecified atom stereocenters. The monoisotopic (exact) mass is 206 g/mol. The molecule has 0 fully saturated rings. The second-order valence-corrected chi connectivity index (χ2v) is 3.28. The van der Waals surface area contributed by atoms with Gasteiger partial charge in [0.25, 0.3) is 0 Å². The zero-order valence-electron chi connectivity index (χ0n) is 8.90. The normalized spacial score (nSPS) is 11.9. The minimum atomic E-state index is -0.493. The first kappa shape index (κ1) is 11.4. The molecular formula is C12H14O3. The molecule has 0 heterocycles. The molecule has 0 aliphatic heterocycles. The van der Waals surface area contributed by atoms with Crippen molar-refractivity contribution < 1.29 is 14.3 Å². The molecular weight excluding hydrogens is 192 g/mol. The maximum atomic E-state index is 11.5. The number of benzene rings is 1. The Morgan fingerprint density at radius 3 is 2.40 bits per heavy atom. The summed E-state index contributed by atoms with van der Waals surface area (Å²) < 4.78 is 4.64. The van der Waals surface area contributed by atoms with Gasteiger partial charge in [-0.25, -0.2) is 0 Å². The molecule has 0 saturated heterocycles. The van der Waals surface area contributed by atoms with Crippen LogP contribution in [0, 0.1) is 0 Å². The zero-order chi connectivity index (χ0) is 11.3. The number of carbonyl (C=O) groups excluding carboxylic acids is 2. The van der Waals surface area contributed by atoms with E-state index in [2.05, 4.69) is 4.74 Å². The number of rotatable bonds is 3. The maximum absolute atomic E-state index is 11.5. The van der Waals surface area contributed by atoms with Crippen molar-refractivity contribution in [3.8, 4) is 0 Å². The van der Waals surface area contributed by atoms with Crippen LogP contribution in [0.1, 0.15) is 31.7 Å². The highest BCUT2D eigenvalue weighted by Gasteiger charge is 2.18. The van der Waals surface area contributed by atoms with Crippen LogP contribution in [-0.2, 0) is 14.3 Å². The van der Waals surface area contributed by atoms with E-state index in [9.17, 15) is 9.59 Å². The molecule has 0 bridgehead atoms. The fraction of sp³-hybridized carbons (Fsp3) is 0.333. The average Bonchev–Trinajstić information content (AvgIpc) is 2.29. The van der Waals surface area contributed by atoms with Gasteiger partial charge in [0.2, 0.25) is 0 Å². The lowest BCUT2D eigenvalue weighted by atomic mass is 10.0. The van der Waals surface area contributed by atoms with Crippen molar-refractivity contribution in [3.05, 3.63) is 35.9 Å². The third kappa shape index (κ3) is 3.20. The van der Waals surface area contributed by atoms with Crippen LogP contribution in [0.2, 0.25) is 0 Å². The Kier molecular flexibility index (Phi) is 4.03.